The van der Waals surface area contributed by atoms with Crippen LogP contribution >= 0.6 is 11.3 Å². The van der Waals surface area contributed by atoms with Crippen molar-refractivity contribution >= 4 is 16.3 Å². The average molecular weight is 276 g/mol. The van der Waals surface area contributed by atoms with Gasteiger partial charge in [0.05, 0.1) is 0 Å². The van der Waals surface area contributed by atoms with Gasteiger partial charge in [0.25, 0.3) is 0 Å². The van der Waals surface area contributed by atoms with Crippen LogP contribution in [0.4, 0.5) is 0 Å². The lowest BCUT2D eigenvalue weighted by Gasteiger charge is -1.97. The molecule has 0 saturated heterocycles. The summed E-state index contributed by atoms with van der Waals surface area (Å²) in [5.74, 6) is 1.20. The predicted octanol–water partition coefficient (Wildman–Crippen LogP) is 2.50. The SMILES string of the molecule is CCn1nc(-c2nn3c(C(C)C)nnc3s2)cc1C. The van der Waals surface area contributed by atoms with Crippen LogP contribution in [0.1, 0.15) is 38.2 Å². The highest BCUT2D eigenvalue weighted by atomic mass is 32.1. The number of nitrogens with zero attached hydrogens (tertiary/aromatic N) is 6. The van der Waals surface area contributed by atoms with Gasteiger partial charge in [-0.2, -0.15) is 14.7 Å². The zero-order valence-corrected chi connectivity index (χ0v) is 12.3. The van der Waals surface area contributed by atoms with Crippen LogP contribution in [-0.2, 0) is 6.54 Å². The van der Waals surface area contributed by atoms with Gasteiger partial charge in [-0.15, -0.1) is 10.2 Å². The van der Waals surface area contributed by atoms with Gasteiger partial charge in [-0.25, -0.2) is 0 Å². The molecule has 3 aromatic rings. The largest absolute Gasteiger partial charge is 0.269 e. The molecule has 0 amide bonds. The van der Waals surface area contributed by atoms with E-state index in [2.05, 4.69) is 54.2 Å². The summed E-state index contributed by atoms with van der Waals surface area (Å²) in [7, 11) is 0. The highest BCUT2D eigenvalue weighted by Crippen LogP contribution is 2.26. The minimum Gasteiger partial charge on any atom is -0.269 e. The number of fused-ring (bicyclic) bond motifs is 1. The predicted molar refractivity (Wildman–Crippen MR) is 74.4 cm³/mol. The molecule has 6 nitrogen and oxygen atoms in total. The lowest BCUT2D eigenvalue weighted by Crippen LogP contribution is -1.99. The molecule has 0 unspecified atom stereocenters. The van der Waals surface area contributed by atoms with Crippen LogP contribution in [0.25, 0.3) is 15.7 Å². The van der Waals surface area contributed by atoms with Gasteiger partial charge in [-0.1, -0.05) is 25.2 Å². The first-order valence-corrected chi connectivity index (χ1v) is 7.18. The summed E-state index contributed by atoms with van der Waals surface area (Å²) in [4.78, 5) is 0.822. The highest BCUT2D eigenvalue weighted by Gasteiger charge is 2.16. The number of hydrogen-bond acceptors (Lipinski definition) is 5. The van der Waals surface area contributed by atoms with Gasteiger partial charge in [0, 0.05) is 18.2 Å². The maximum atomic E-state index is 4.59. The van der Waals surface area contributed by atoms with Crippen LogP contribution in [0.5, 0.6) is 0 Å². The molecule has 0 bridgehead atoms. The standard InChI is InChI=1S/C12H16N6S/c1-5-17-8(4)6-9(15-17)11-16-18-10(7(2)3)13-14-12(18)19-11/h6-7H,5H2,1-4H3. The molecule has 3 rings (SSSR count). The third kappa shape index (κ3) is 1.94. The highest BCUT2D eigenvalue weighted by molar-refractivity contribution is 7.19. The van der Waals surface area contributed by atoms with Gasteiger partial charge in [-0.05, 0) is 19.9 Å². The number of aromatic nitrogens is 6. The Morgan fingerprint density at radius 2 is 2.05 bits per heavy atom. The molecule has 0 spiro atoms. The number of aryl methyl sites for hydroxylation is 2. The van der Waals surface area contributed by atoms with Gasteiger partial charge >= 0.3 is 0 Å². The van der Waals surface area contributed by atoms with Crippen molar-refractivity contribution in [3.05, 3.63) is 17.6 Å². The van der Waals surface area contributed by atoms with Gasteiger partial charge in [0.15, 0.2) is 10.8 Å². The zero-order chi connectivity index (χ0) is 13.6. The summed E-state index contributed by atoms with van der Waals surface area (Å²) in [6, 6.07) is 2.06. The molecule has 0 aliphatic rings. The van der Waals surface area contributed by atoms with Crippen LogP contribution in [-0.4, -0.2) is 29.6 Å². The van der Waals surface area contributed by atoms with Crippen molar-refractivity contribution in [1.82, 2.24) is 29.6 Å². The average Bonchev–Trinajstić information content (AvgIpc) is 2.99. The van der Waals surface area contributed by atoms with E-state index in [1.165, 1.54) is 11.3 Å². The molecule has 0 aliphatic heterocycles. The van der Waals surface area contributed by atoms with Crippen molar-refractivity contribution in [3.8, 4) is 10.7 Å². The van der Waals surface area contributed by atoms with E-state index in [4.69, 9.17) is 0 Å². The Morgan fingerprint density at radius 1 is 1.26 bits per heavy atom. The lowest BCUT2D eigenvalue weighted by atomic mass is 10.2. The Hall–Kier alpha value is -1.76. The van der Waals surface area contributed by atoms with Crippen LogP contribution in [0, 0.1) is 6.92 Å². The summed E-state index contributed by atoms with van der Waals surface area (Å²) in [5, 5.41) is 18.4. The fourth-order valence-corrected chi connectivity index (χ4v) is 2.83. The van der Waals surface area contributed by atoms with E-state index in [-0.39, 0.29) is 0 Å². The Bertz CT molecular complexity index is 720. The number of hydrogen-bond donors (Lipinski definition) is 0. The van der Waals surface area contributed by atoms with Gasteiger partial charge < -0.3 is 0 Å². The molecule has 0 atom stereocenters. The molecule has 3 heterocycles. The minimum atomic E-state index is 0.305. The molecule has 3 aromatic heterocycles. The molecule has 0 radical (unpaired) electrons. The fraction of sp³-hybridized carbons (Fsp3) is 0.500. The third-order valence-electron chi connectivity index (χ3n) is 3.03. The quantitative estimate of drug-likeness (QED) is 0.737. The summed E-state index contributed by atoms with van der Waals surface area (Å²) >= 11 is 1.52. The summed E-state index contributed by atoms with van der Waals surface area (Å²) in [6.45, 7) is 9.18. The van der Waals surface area contributed by atoms with Crippen LogP contribution in [0.2, 0.25) is 0 Å². The second-order valence-corrected chi connectivity index (χ2v) is 5.76. The molecule has 0 N–H and O–H groups in total. The Labute approximate surface area is 115 Å². The van der Waals surface area contributed by atoms with E-state index in [1.807, 2.05) is 9.20 Å². The first-order chi connectivity index (χ1) is 9.10. The fourth-order valence-electron chi connectivity index (χ4n) is 2.03. The third-order valence-corrected chi connectivity index (χ3v) is 3.95. The maximum Gasteiger partial charge on any atom is 0.235 e. The van der Waals surface area contributed by atoms with Crippen LogP contribution in [0.15, 0.2) is 6.07 Å². The van der Waals surface area contributed by atoms with Crippen molar-refractivity contribution in [2.45, 2.75) is 40.2 Å². The minimum absolute atomic E-state index is 0.305. The molecule has 100 valence electrons. The van der Waals surface area contributed by atoms with E-state index in [0.29, 0.717) is 5.92 Å². The molecule has 0 saturated carbocycles. The topological polar surface area (TPSA) is 60.9 Å². The van der Waals surface area contributed by atoms with Crippen LogP contribution in [0.3, 0.4) is 0 Å². The Morgan fingerprint density at radius 3 is 2.68 bits per heavy atom. The second-order valence-electron chi connectivity index (χ2n) is 4.80. The monoisotopic (exact) mass is 276 g/mol. The summed E-state index contributed by atoms with van der Waals surface area (Å²) in [5.41, 5.74) is 2.05. The van der Waals surface area contributed by atoms with E-state index in [9.17, 15) is 0 Å². The van der Waals surface area contributed by atoms with Gasteiger partial charge in [0.1, 0.15) is 5.69 Å². The first-order valence-electron chi connectivity index (χ1n) is 6.37. The van der Waals surface area contributed by atoms with E-state index in [1.54, 1.807) is 0 Å². The van der Waals surface area contributed by atoms with Crippen molar-refractivity contribution < 1.29 is 0 Å². The van der Waals surface area contributed by atoms with E-state index in [0.717, 1.165) is 33.7 Å². The van der Waals surface area contributed by atoms with Crippen molar-refractivity contribution in [3.63, 3.8) is 0 Å². The molecule has 0 fully saturated rings. The smallest absolute Gasteiger partial charge is 0.235 e. The maximum absolute atomic E-state index is 4.59. The summed E-state index contributed by atoms with van der Waals surface area (Å²) < 4.78 is 3.80. The molecule has 19 heavy (non-hydrogen) atoms. The van der Waals surface area contributed by atoms with Crippen molar-refractivity contribution in [2.75, 3.05) is 0 Å². The van der Waals surface area contributed by atoms with E-state index < -0.39 is 0 Å². The second kappa shape index (κ2) is 4.41. The number of rotatable bonds is 3. The molecule has 0 aliphatic carbocycles. The molecular weight excluding hydrogens is 260 g/mol. The Kier molecular flexibility index (Phi) is 2.85. The molecule has 7 heteroatoms. The zero-order valence-electron chi connectivity index (χ0n) is 11.5. The van der Waals surface area contributed by atoms with Crippen molar-refractivity contribution in [2.24, 2.45) is 0 Å². The first kappa shape index (κ1) is 12.3. The van der Waals surface area contributed by atoms with Crippen LogP contribution < -0.4 is 0 Å². The van der Waals surface area contributed by atoms with E-state index >= 15 is 0 Å². The Balaban J connectivity index is 2.09. The van der Waals surface area contributed by atoms with Crippen molar-refractivity contribution in [1.29, 1.82) is 0 Å². The molecular formula is C12H16N6S. The summed E-state index contributed by atoms with van der Waals surface area (Å²) in [6.07, 6.45) is 0. The van der Waals surface area contributed by atoms with Gasteiger partial charge in [0.2, 0.25) is 4.96 Å². The molecule has 0 aromatic carbocycles. The van der Waals surface area contributed by atoms with Gasteiger partial charge in [-0.3, -0.25) is 4.68 Å². The lowest BCUT2D eigenvalue weighted by molar-refractivity contribution is 0.641. The normalized spacial score (nSPS) is 11.8.